The van der Waals surface area contributed by atoms with Crippen LogP contribution in [0.4, 0.5) is 0 Å². The summed E-state index contributed by atoms with van der Waals surface area (Å²) in [6, 6.07) is 0. The third-order valence-corrected chi connectivity index (χ3v) is 3.74. The second-order valence-electron chi connectivity index (χ2n) is 4.42. The SMILES string of the molecule is CC(C)[S+]([O-])N=CC1(C)CCCC1. The van der Waals surface area contributed by atoms with Crippen molar-refractivity contribution >= 4 is 17.6 Å². The van der Waals surface area contributed by atoms with Gasteiger partial charge in [0.1, 0.15) is 5.25 Å². The molecule has 0 spiro atoms. The summed E-state index contributed by atoms with van der Waals surface area (Å²) in [5.74, 6) is 0. The highest BCUT2D eigenvalue weighted by Crippen LogP contribution is 2.35. The van der Waals surface area contributed by atoms with E-state index in [0.29, 0.717) is 0 Å². The van der Waals surface area contributed by atoms with Crippen molar-refractivity contribution in [3.63, 3.8) is 0 Å². The lowest BCUT2D eigenvalue weighted by atomic mass is 9.91. The Hall–Kier alpha value is -0.0200. The molecule has 0 saturated heterocycles. The minimum absolute atomic E-state index is 0.140. The maximum absolute atomic E-state index is 11.4. The largest absolute Gasteiger partial charge is 0.591 e. The monoisotopic (exact) mass is 201 g/mol. The van der Waals surface area contributed by atoms with Crippen molar-refractivity contribution in [3.05, 3.63) is 0 Å². The Kier molecular flexibility index (Phi) is 3.80. The lowest BCUT2D eigenvalue weighted by Crippen LogP contribution is -2.17. The van der Waals surface area contributed by atoms with Crippen molar-refractivity contribution in [3.8, 4) is 0 Å². The molecule has 1 atom stereocenters. The average Bonchev–Trinajstić information content (AvgIpc) is 2.48. The molecule has 1 saturated carbocycles. The molecule has 76 valence electrons. The summed E-state index contributed by atoms with van der Waals surface area (Å²) in [5, 5.41) is 0.140. The smallest absolute Gasteiger partial charge is 0.137 e. The first-order chi connectivity index (χ1) is 6.03. The zero-order chi connectivity index (χ0) is 9.90. The molecule has 0 aliphatic heterocycles. The van der Waals surface area contributed by atoms with Crippen LogP contribution in [0.5, 0.6) is 0 Å². The molecule has 13 heavy (non-hydrogen) atoms. The van der Waals surface area contributed by atoms with Crippen molar-refractivity contribution in [1.29, 1.82) is 0 Å². The van der Waals surface area contributed by atoms with Crippen LogP contribution in [-0.2, 0) is 11.4 Å². The van der Waals surface area contributed by atoms with Gasteiger partial charge in [-0.25, -0.2) is 0 Å². The van der Waals surface area contributed by atoms with Crippen molar-refractivity contribution in [2.24, 2.45) is 9.81 Å². The number of rotatable bonds is 3. The van der Waals surface area contributed by atoms with Gasteiger partial charge in [0.05, 0.1) is 17.6 Å². The normalized spacial score (nSPS) is 24.4. The zero-order valence-electron chi connectivity index (χ0n) is 8.75. The van der Waals surface area contributed by atoms with Gasteiger partial charge < -0.3 is 4.55 Å². The van der Waals surface area contributed by atoms with Crippen molar-refractivity contribution < 1.29 is 4.55 Å². The minimum Gasteiger partial charge on any atom is -0.591 e. The van der Waals surface area contributed by atoms with Crippen LogP contribution in [0.1, 0.15) is 46.5 Å². The van der Waals surface area contributed by atoms with Gasteiger partial charge in [0.2, 0.25) is 0 Å². The van der Waals surface area contributed by atoms with Crippen LogP contribution in [0.2, 0.25) is 0 Å². The van der Waals surface area contributed by atoms with Gasteiger partial charge in [-0.15, -0.1) is 0 Å². The predicted molar refractivity (Wildman–Crippen MR) is 58.3 cm³/mol. The fraction of sp³-hybridized carbons (Fsp3) is 0.900. The van der Waals surface area contributed by atoms with E-state index in [0.717, 1.165) is 0 Å². The van der Waals surface area contributed by atoms with Crippen molar-refractivity contribution in [2.45, 2.75) is 51.7 Å². The Balaban J connectivity index is 2.46. The van der Waals surface area contributed by atoms with E-state index in [1.807, 2.05) is 20.1 Å². The van der Waals surface area contributed by atoms with E-state index in [2.05, 4.69) is 11.3 Å². The fourth-order valence-corrected chi connectivity index (χ4v) is 2.21. The fourth-order valence-electron chi connectivity index (χ4n) is 1.61. The van der Waals surface area contributed by atoms with E-state index >= 15 is 0 Å². The highest BCUT2D eigenvalue weighted by atomic mass is 32.2. The molecular weight excluding hydrogens is 182 g/mol. The van der Waals surface area contributed by atoms with Crippen molar-refractivity contribution in [2.75, 3.05) is 0 Å². The first-order valence-electron chi connectivity index (χ1n) is 4.99. The van der Waals surface area contributed by atoms with Crippen LogP contribution >= 0.6 is 0 Å². The summed E-state index contributed by atoms with van der Waals surface area (Å²) >= 11 is -1.02. The van der Waals surface area contributed by atoms with Crippen LogP contribution in [0.3, 0.4) is 0 Å². The molecule has 0 aromatic carbocycles. The van der Waals surface area contributed by atoms with E-state index in [4.69, 9.17) is 0 Å². The van der Waals surface area contributed by atoms with Gasteiger partial charge >= 0.3 is 0 Å². The number of hydrogen-bond donors (Lipinski definition) is 0. The molecule has 0 aromatic heterocycles. The highest BCUT2D eigenvalue weighted by Gasteiger charge is 2.27. The van der Waals surface area contributed by atoms with E-state index < -0.39 is 11.4 Å². The second-order valence-corrected chi connectivity index (χ2v) is 6.13. The summed E-state index contributed by atoms with van der Waals surface area (Å²) in [6.45, 7) is 6.08. The molecule has 1 fully saturated rings. The van der Waals surface area contributed by atoms with E-state index in [1.54, 1.807) is 0 Å². The summed E-state index contributed by atoms with van der Waals surface area (Å²) in [4.78, 5) is 0. The molecule has 0 aromatic rings. The van der Waals surface area contributed by atoms with E-state index in [1.165, 1.54) is 25.7 Å². The number of hydrogen-bond acceptors (Lipinski definition) is 2. The van der Waals surface area contributed by atoms with Crippen LogP contribution in [-0.4, -0.2) is 16.0 Å². The van der Waals surface area contributed by atoms with Crippen LogP contribution in [0, 0.1) is 5.41 Å². The van der Waals surface area contributed by atoms with Gasteiger partial charge in [-0.1, -0.05) is 24.2 Å². The summed E-state index contributed by atoms with van der Waals surface area (Å²) in [7, 11) is 0. The molecule has 1 rings (SSSR count). The van der Waals surface area contributed by atoms with Gasteiger partial charge in [-0.05, 0) is 26.7 Å². The minimum atomic E-state index is -1.02. The summed E-state index contributed by atoms with van der Waals surface area (Å²) < 4.78 is 15.5. The molecule has 3 heteroatoms. The molecule has 2 nitrogen and oxygen atoms in total. The molecule has 1 unspecified atom stereocenters. The molecule has 0 bridgehead atoms. The Labute approximate surface area is 84.1 Å². The Morgan fingerprint density at radius 1 is 1.38 bits per heavy atom. The Morgan fingerprint density at radius 2 is 1.92 bits per heavy atom. The highest BCUT2D eigenvalue weighted by molar-refractivity contribution is 7.90. The molecular formula is C10H19NOS. The van der Waals surface area contributed by atoms with E-state index in [9.17, 15) is 4.55 Å². The molecule has 0 N–H and O–H groups in total. The molecule has 0 heterocycles. The van der Waals surface area contributed by atoms with E-state index in [-0.39, 0.29) is 10.7 Å². The topological polar surface area (TPSA) is 35.4 Å². The zero-order valence-corrected chi connectivity index (χ0v) is 9.56. The molecule has 0 amide bonds. The predicted octanol–water partition coefficient (Wildman–Crippen LogP) is 2.71. The lowest BCUT2D eigenvalue weighted by Gasteiger charge is -2.16. The van der Waals surface area contributed by atoms with Gasteiger partial charge in [0, 0.05) is 5.41 Å². The summed E-state index contributed by atoms with van der Waals surface area (Å²) in [5.41, 5.74) is 0.227. The third kappa shape index (κ3) is 3.31. The Bertz CT molecular complexity index is 185. The quantitative estimate of drug-likeness (QED) is 0.511. The second kappa shape index (κ2) is 4.47. The first-order valence-corrected chi connectivity index (χ1v) is 6.16. The van der Waals surface area contributed by atoms with Gasteiger partial charge in [0.25, 0.3) is 0 Å². The van der Waals surface area contributed by atoms with Gasteiger partial charge in [0.15, 0.2) is 0 Å². The van der Waals surface area contributed by atoms with Crippen LogP contribution < -0.4 is 0 Å². The lowest BCUT2D eigenvalue weighted by molar-refractivity contribution is 0.500. The maximum Gasteiger partial charge on any atom is 0.137 e. The average molecular weight is 201 g/mol. The maximum atomic E-state index is 11.4. The van der Waals surface area contributed by atoms with Gasteiger partial charge in [-0.3, -0.25) is 0 Å². The molecule has 1 aliphatic rings. The van der Waals surface area contributed by atoms with Crippen LogP contribution in [0.15, 0.2) is 4.40 Å². The van der Waals surface area contributed by atoms with Crippen molar-refractivity contribution in [1.82, 2.24) is 0 Å². The van der Waals surface area contributed by atoms with Gasteiger partial charge in [-0.2, -0.15) is 0 Å². The summed E-state index contributed by atoms with van der Waals surface area (Å²) in [6.07, 6.45) is 6.90. The standard InChI is InChI=1S/C10H19NOS/c1-9(2)13(12)11-8-10(3)6-4-5-7-10/h8-9H,4-7H2,1-3H3. The Morgan fingerprint density at radius 3 is 2.38 bits per heavy atom. The third-order valence-electron chi connectivity index (χ3n) is 2.62. The molecule has 1 aliphatic carbocycles. The van der Waals surface area contributed by atoms with Crippen LogP contribution in [0.25, 0.3) is 0 Å². The number of nitrogens with zero attached hydrogens (tertiary/aromatic N) is 1. The molecule has 0 radical (unpaired) electrons. The first kappa shape index (κ1) is 11.1.